The Morgan fingerprint density at radius 1 is 1.27 bits per heavy atom. The van der Waals surface area contributed by atoms with Gasteiger partial charge in [0.1, 0.15) is 0 Å². The van der Waals surface area contributed by atoms with E-state index in [2.05, 4.69) is 10.3 Å². The molecule has 0 atom stereocenters. The van der Waals surface area contributed by atoms with E-state index in [9.17, 15) is 28.2 Å². The van der Waals surface area contributed by atoms with Crippen LogP contribution in [0.5, 0.6) is 0 Å². The molecule has 0 aliphatic heterocycles. The molecule has 10 heteroatoms. The number of nitrogens with one attached hydrogen (secondary N) is 1. The largest absolute Gasteiger partial charge is 0.416 e. The second kappa shape index (κ2) is 7.34. The minimum absolute atomic E-state index is 0.0151. The highest BCUT2D eigenvalue weighted by Gasteiger charge is 2.31. The first kappa shape index (κ1) is 19.7. The Labute approximate surface area is 146 Å². The van der Waals surface area contributed by atoms with Crippen molar-refractivity contribution in [2.75, 3.05) is 11.1 Å². The van der Waals surface area contributed by atoms with Crippen molar-refractivity contribution in [3.63, 3.8) is 0 Å². The Morgan fingerprint density at radius 2 is 1.92 bits per heavy atom. The number of aromatic nitrogens is 2. The molecule has 0 saturated carbocycles. The number of anilines is 2. The van der Waals surface area contributed by atoms with E-state index in [1.165, 1.54) is 12.3 Å². The number of hydrogen-bond donors (Lipinski definition) is 4. The van der Waals surface area contributed by atoms with Crippen molar-refractivity contribution in [3.05, 3.63) is 40.3 Å². The number of aliphatic hydroxyl groups excluding tert-OH is 1. The average molecular weight is 372 g/mol. The molecule has 0 aliphatic carbocycles. The predicted octanol–water partition coefficient (Wildman–Crippen LogP) is 1.64. The van der Waals surface area contributed by atoms with Crippen LogP contribution >= 0.6 is 0 Å². The molecule has 0 bridgehead atoms. The van der Waals surface area contributed by atoms with Gasteiger partial charge < -0.3 is 21.3 Å². The maximum atomic E-state index is 13.0. The number of benzene rings is 1. The molecule has 2 rings (SSSR count). The molecule has 0 aliphatic rings. The zero-order chi connectivity index (χ0) is 19.6. The summed E-state index contributed by atoms with van der Waals surface area (Å²) in [5, 5.41) is 21.3. The second-order valence-electron chi connectivity index (χ2n) is 6.03. The monoisotopic (exact) mass is 372 g/mol. The van der Waals surface area contributed by atoms with Crippen molar-refractivity contribution >= 4 is 11.5 Å². The van der Waals surface area contributed by atoms with Crippen LogP contribution in [0, 0.1) is 0 Å². The van der Waals surface area contributed by atoms with Crippen molar-refractivity contribution in [2.45, 2.75) is 38.9 Å². The normalized spacial score (nSPS) is 12.0. The van der Waals surface area contributed by atoms with E-state index in [0.717, 1.165) is 16.7 Å². The summed E-state index contributed by atoms with van der Waals surface area (Å²) >= 11 is 0. The molecule has 0 radical (unpaired) electrons. The van der Waals surface area contributed by atoms with E-state index in [-0.39, 0.29) is 28.8 Å². The Bertz CT molecular complexity index is 848. The van der Waals surface area contributed by atoms with Gasteiger partial charge in [-0.15, -0.1) is 0 Å². The van der Waals surface area contributed by atoms with E-state index in [0.29, 0.717) is 0 Å². The molecular formula is C16H19F3N4O3. The highest BCUT2D eigenvalue weighted by atomic mass is 19.4. The third kappa shape index (κ3) is 4.52. The second-order valence-corrected chi connectivity index (χ2v) is 6.03. The van der Waals surface area contributed by atoms with Crippen LogP contribution in [0.4, 0.5) is 24.7 Å². The van der Waals surface area contributed by atoms with Crippen LogP contribution in [0.3, 0.4) is 0 Å². The summed E-state index contributed by atoms with van der Waals surface area (Å²) in [5.41, 5.74) is 3.70. The van der Waals surface area contributed by atoms with Gasteiger partial charge in [0, 0.05) is 17.3 Å². The number of hydrogen-bond acceptors (Lipinski definition) is 6. The van der Waals surface area contributed by atoms with Gasteiger partial charge >= 0.3 is 6.18 Å². The van der Waals surface area contributed by atoms with Crippen molar-refractivity contribution < 1.29 is 23.4 Å². The molecule has 2 aromatic rings. The molecule has 1 aromatic carbocycles. The van der Waals surface area contributed by atoms with Gasteiger partial charge in [0.25, 0.3) is 5.56 Å². The van der Waals surface area contributed by atoms with Crippen molar-refractivity contribution in [1.29, 1.82) is 0 Å². The molecule has 142 valence electrons. The fourth-order valence-corrected chi connectivity index (χ4v) is 2.40. The van der Waals surface area contributed by atoms with Gasteiger partial charge in [-0.25, -0.2) is 4.98 Å². The minimum atomic E-state index is -4.63. The number of halogens is 3. The number of aliphatic hydroxyl groups is 2. The Hall–Kier alpha value is -2.59. The Balaban J connectivity index is 2.67. The van der Waals surface area contributed by atoms with Gasteiger partial charge in [0.15, 0.2) is 12.1 Å². The van der Waals surface area contributed by atoms with Crippen LogP contribution < -0.4 is 16.6 Å². The van der Waals surface area contributed by atoms with Crippen LogP contribution in [0.25, 0.3) is 11.3 Å². The van der Waals surface area contributed by atoms with Gasteiger partial charge in [-0.1, -0.05) is 0 Å². The molecule has 5 N–H and O–H groups in total. The van der Waals surface area contributed by atoms with Gasteiger partial charge in [0.05, 0.1) is 24.0 Å². The summed E-state index contributed by atoms with van der Waals surface area (Å²) in [6.45, 7) is 3.00. The van der Waals surface area contributed by atoms with Gasteiger partial charge in [0.2, 0.25) is 0 Å². The lowest BCUT2D eigenvalue weighted by Crippen LogP contribution is -2.31. The molecule has 7 nitrogen and oxygen atoms in total. The summed E-state index contributed by atoms with van der Waals surface area (Å²) in [6, 6.07) is 2.72. The molecule has 1 heterocycles. The zero-order valence-electron chi connectivity index (χ0n) is 14.1. The predicted molar refractivity (Wildman–Crippen MR) is 90.3 cm³/mol. The quantitative estimate of drug-likeness (QED) is 0.469. The molecule has 1 aromatic heterocycles. The van der Waals surface area contributed by atoms with E-state index in [1.54, 1.807) is 13.8 Å². The average Bonchev–Trinajstić information content (AvgIpc) is 2.49. The standard InChI is InChI=1S/C16H19F3N4O3/c1-8(2)22-14-15(26)23(7-13(24)25)12(6-21-14)9-3-10(16(17,18)19)5-11(20)4-9/h3-6,8,13,24-25H,7,20H2,1-2H3,(H,21,22). The molecular weight excluding hydrogens is 353 g/mol. The first-order valence-electron chi connectivity index (χ1n) is 7.69. The molecule has 26 heavy (non-hydrogen) atoms. The molecule has 0 unspecified atom stereocenters. The number of nitrogens with two attached hydrogens (primary N) is 1. The lowest BCUT2D eigenvalue weighted by Gasteiger charge is -2.18. The third-order valence-electron chi connectivity index (χ3n) is 3.40. The molecule has 0 fully saturated rings. The molecule has 0 spiro atoms. The lowest BCUT2D eigenvalue weighted by atomic mass is 10.1. The molecule has 0 amide bonds. The zero-order valence-corrected chi connectivity index (χ0v) is 14.1. The van der Waals surface area contributed by atoms with Crippen LogP contribution in [-0.2, 0) is 12.7 Å². The lowest BCUT2D eigenvalue weighted by molar-refractivity contribution is -0.137. The van der Waals surface area contributed by atoms with E-state index >= 15 is 0 Å². The number of nitrogen functional groups attached to an aromatic ring is 1. The number of rotatable bonds is 5. The van der Waals surface area contributed by atoms with E-state index in [1.807, 2.05) is 0 Å². The topological polar surface area (TPSA) is 113 Å². The van der Waals surface area contributed by atoms with Crippen molar-refractivity contribution in [1.82, 2.24) is 9.55 Å². The maximum Gasteiger partial charge on any atom is 0.416 e. The van der Waals surface area contributed by atoms with E-state index in [4.69, 9.17) is 5.73 Å². The summed E-state index contributed by atoms with van der Waals surface area (Å²) in [4.78, 5) is 16.5. The highest BCUT2D eigenvalue weighted by molar-refractivity contribution is 5.66. The highest BCUT2D eigenvalue weighted by Crippen LogP contribution is 2.34. The summed E-state index contributed by atoms with van der Waals surface area (Å²) < 4.78 is 40.0. The fourth-order valence-electron chi connectivity index (χ4n) is 2.40. The third-order valence-corrected chi connectivity index (χ3v) is 3.40. The summed E-state index contributed by atoms with van der Waals surface area (Å²) in [7, 11) is 0. The van der Waals surface area contributed by atoms with Crippen molar-refractivity contribution in [3.8, 4) is 11.3 Å². The first-order valence-corrected chi connectivity index (χ1v) is 7.69. The minimum Gasteiger partial charge on any atom is -0.399 e. The van der Waals surface area contributed by atoms with Gasteiger partial charge in [-0.05, 0) is 32.0 Å². The fraction of sp³-hybridized carbons (Fsp3) is 0.375. The maximum absolute atomic E-state index is 13.0. The smallest absolute Gasteiger partial charge is 0.399 e. The van der Waals surface area contributed by atoms with Crippen LogP contribution in [0.2, 0.25) is 0 Å². The number of nitrogens with zero attached hydrogens (tertiary/aromatic N) is 2. The van der Waals surface area contributed by atoms with Crippen molar-refractivity contribution in [2.24, 2.45) is 0 Å². The Kier molecular flexibility index (Phi) is 5.57. The molecule has 0 saturated heterocycles. The summed E-state index contributed by atoms with van der Waals surface area (Å²) in [6.07, 6.45) is -5.33. The first-order chi connectivity index (χ1) is 12.0. The van der Waals surface area contributed by atoms with Gasteiger partial charge in [-0.2, -0.15) is 13.2 Å². The van der Waals surface area contributed by atoms with Crippen LogP contribution in [0.15, 0.2) is 29.2 Å². The summed E-state index contributed by atoms with van der Waals surface area (Å²) in [5.74, 6) is -0.0515. The SMILES string of the molecule is CC(C)Nc1ncc(-c2cc(N)cc(C(F)(F)F)c2)n(CC(O)O)c1=O. The van der Waals surface area contributed by atoms with Gasteiger partial charge in [-0.3, -0.25) is 9.36 Å². The van der Waals surface area contributed by atoms with Crippen LogP contribution in [-0.4, -0.2) is 32.1 Å². The van der Waals surface area contributed by atoms with Crippen LogP contribution in [0.1, 0.15) is 19.4 Å². The number of alkyl halides is 3. The van der Waals surface area contributed by atoms with E-state index < -0.39 is 30.1 Å². The Morgan fingerprint density at radius 3 is 2.46 bits per heavy atom.